The maximum Gasteiger partial charge on any atom is 0.274 e. The third kappa shape index (κ3) is 4.88. The quantitative estimate of drug-likeness (QED) is 0.674. The Morgan fingerprint density at radius 1 is 0.968 bits per heavy atom. The molecular weight excluding hydrogens is 394 g/mol. The smallest absolute Gasteiger partial charge is 0.274 e. The normalized spacial score (nSPS) is 13.8. The summed E-state index contributed by atoms with van der Waals surface area (Å²) in [4.78, 5) is 34.2. The van der Waals surface area contributed by atoms with E-state index in [2.05, 4.69) is 30.2 Å². The summed E-state index contributed by atoms with van der Waals surface area (Å²) in [5, 5.41) is 3.32. The van der Waals surface area contributed by atoms with Gasteiger partial charge in [0.05, 0.1) is 19.0 Å². The summed E-state index contributed by atoms with van der Waals surface area (Å²) in [6.07, 6.45) is 3.15. The second-order valence-electron chi connectivity index (χ2n) is 7.37. The highest BCUT2D eigenvalue weighted by Gasteiger charge is 2.24. The Morgan fingerprint density at radius 3 is 2.35 bits per heavy atom. The molecule has 3 heterocycles. The van der Waals surface area contributed by atoms with Crippen molar-refractivity contribution in [2.75, 3.05) is 43.5 Å². The zero-order valence-corrected chi connectivity index (χ0v) is 17.9. The second-order valence-corrected chi connectivity index (χ2v) is 7.37. The average Bonchev–Trinajstić information content (AvgIpc) is 2.79. The number of hydrogen-bond acceptors (Lipinski definition) is 8. The fourth-order valence-electron chi connectivity index (χ4n) is 3.36. The van der Waals surface area contributed by atoms with Crippen LogP contribution in [0.25, 0.3) is 0 Å². The first-order valence-corrected chi connectivity index (χ1v) is 10.1. The van der Waals surface area contributed by atoms with E-state index in [1.807, 2.05) is 44.2 Å². The SMILES string of the molecule is COc1ccc(Nc2cc(C)nc(N3CCN(C(=O)c4cnc(C)cn4)CC3)n2)cc1. The minimum absolute atomic E-state index is 0.0980. The largest absolute Gasteiger partial charge is 0.497 e. The Hall–Kier alpha value is -3.75. The van der Waals surface area contributed by atoms with Gasteiger partial charge in [0, 0.05) is 49.8 Å². The molecule has 9 heteroatoms. The molecule has 0 spiro atoms. The van der Waals surface area contributed by atoms with Crippen molar-refractivity contribution in [2.45, 2.75) is 13.8 Å². The van der Waals surface area contributed by atoms with Gasteiger partial charge in [-0.25, -0.2) is 9.97 Å². The van der Waals surface area contributed by atoms with Crippen LogP contribution in [0.4, 0.5) is 17.5 Å². The Bertz CT molecular complexity index is 1050. The van der Waals surface area contributed by atoms with E-state index in [1.54, 1.807) is 18.2 Å². The Balaban J connectivity index is 1.42. The molecule has 4 rings (SSSR count). The van der Waals surface area contributed by atoms with E-state index in [9.17, 15) is 4.79 Å². The van der Waals surface area contributed by atoms with Crippen molar-refractivity contribution in [3.63, 3.8) is 0 Å². The number of ether oxygens (including phenoxy) is 1. The zero-order valence-electron chi connectivity index (χ0n) is 17.9. The third-order valence-corrected chi connectivity index (χ3v) is 5.05. The van der Waals surface area contributed by atoms with E-state index in [-0.39, 0.29) is 5.91 Å². The number of carbonyl (C=O) groups is 1. The highest BCUT2D eigenvalue weighted by Crippen LogP contribution is 2.21. The molecule has 0 radical (unpaired) electrons. The number of benzene rings is 1. The Labute approximate surface area is 181 Å². The van der Waals surface area contributed by atoms with Crippen LogP contribution in [-0.2, 0) is 0 Å². The molecule has 0 aliphatic carbocycles. The van der Waals surface area contributed by atoms with Crippen LogP contribution < -0.4 is 15.0 Å². The lowest BCUT2D eigenvalue weighted by molar-refractivity contribution is 0.0739. The first-order valence-electron chi connectivity index (χ1n) is 10.1. The van der Waals surface area contributed by atoms with Crippen molar-refractivity contribution >= 4 is 23.4 Å². The van der Waals surface area contributed by atoms with Gasteiger partial charge in [0.1, 0.15) is 17.3 Å². The van der Waals surface area contributed by atoms with E-state index in [0.29, 0.717) is 37.8 Å². The molecule has 0 bridgehead atoms. The molecule has 3 aromatic rings. The molecule has 1 fully saturated rings. The summed E-state index contributed by atoms with van der Waals surface area (Å²) in [5.41, 5.74) is 2.95. The lowest BCUT2D eigenvalue weighted by Crippen LogP contribution is -2.49. The minimum atomic E-state index is -0.0980. The molecule has 0 saturated carbocycles. The number of hydrogen-bond donors (Lipinski definition) is 1. The predicted molar refractivity (Wildman–Crippen MR) is 118 cm³/mol. The molecule has 0 atom stereocenters. The molecule has 1 aliphatic heterocycles. The molecule has 160 valence electrons. The van der Waals surface area contributed by atoms with E-state index in [1.165, 1.54) is 6.20 Å². The predicted octanol–water partition coefficient (Wildman–Crippen LogP) is 2.60. The number of anilines is 3. The highest BCUT2D eigenvalue weighted by atomic mass is 16.5. The van der Waals surface area contributed by atoms with Crippen LogP contribution in [0.5, 0.6) is 5.75 Å². The number of aryl methyl sites for hydroxylation is 2. The summed E-state index contributed by atoms with van der Waals surface area (Å²) in [5.74, 6) is 2.08. The van der Waals surface area contributed by atoms with E-state index < -0.39 is 0 Å². The standard InChI is InChI=1S/C22H25N7O2/c1-15-12-20(26-17-4-6-18(31-3)7-5-17)27-22(25-15)29-10-8-28(9-11-29)21(30)19-14-23-16(2)13-24-19/h4-7,12-14H,8-11H2,1-3H3,(H,25,26,27). The minimum Gasteiger partial charge on any atom is -0.497 e. The molecular formula is C22H25N7O2. The van der Waals surface area contributed by atoms with Crippen LogP contribution in [0.15, 0.2) is 42.7 Å². The van der Waals surface area contributed by atoms with Crippen molar-refractivity contribution in [3.8, 4) is 5.75 Å². The molecule has 9 nitrogen and oxygen atoms in total. The lowest BCUT2D eigenvalue weighted by atomic mass is 10.3. The topological polar surface area (TPSA) is 96.4 Å². The molecule has 31 heavy (non-hydrogen) atoms. The summed E-state index contributed by atoms with van der Waals surface area (Å²) in [6.45, 7) is 6.24. The van der Waals surface area contributed by atoms with Gasteiger partial charge >= 0.3 is 0 Å². The number of methoxy groups -OCH3 is 1. The number of nitrogens with one attached hydrogen (secondary N) is 1. The second kappa shape index (κ2) is 8.95. The van der Waals surface area contributed by atoms with Gasteiger partial charge in [0.15, 0.2) is 0 Å². The first kappa shape index (κ1) is 20.5. The fraction of sp³-hybridized carbons (Fsp3) is 0.318. The number of carbonyl (C=O) groups excluding carboxylic acids is 1. The maximum absolute atomic E-state index is 12.7. The summed E-state index contributed by atoms with van der Waals surface area (Å²) in [6, 6.07) is 9.57. The first-order chi connectivity index (χ1) is 15.0. The van der Waals surface area contributed by atoms with E-state index in [4.69, 9.17) is 4.74 Å². The van der Waals surface area contributed by atoms with Gasteiger partial charge in [-0.05, 0) is 38.1 Å². The van der Waals surface area contributed by atoms with Crippen LogP contribution >= 0.6 is 0 Å². The molecule has 1 aromatic carbocycles. The van der Waals surface area contributed by atoms with E-state index in [0.717, 1.165) is 28.6 Å². The summed E-state index contributed by atoms with van der Waals surface area (Å²) < 4.78 is 5.20. The Kier molecular flexibility index (Phi) is 5.92. The highest BCUT2D eigenvalue weighted by molar-refractivity contribution is 5.92. The number of amides is 1. The lowest BCUT2D eigenvalue weighted by Gasteiger charge is -2.34. The van der Waals surface area contributed by atoms with Crippen LogP contribution in [0.2, 0.25) is 0 Å². The van der Waals surface area contributed by atoms with Crippen molar-refractivity contribution in [1.29, 1.82) is 0 Å². The fourth-order valence-corrected chi connectivity index (χ4v) is 3.36. The van der Waals surface area contributed by atoms with Crippen molar-refractivity contribution in [2.24, 2.45) is 0 Å². The molecule has 1 saturated heterocycles. The summed E-state index contributed by atoms with van der Waals surface area (Å²) >= 11 is 0. The van der Waals surface area contributed by atoms with Crippen LogP contribution in [0.1, 0.15) is 21.9 Å². The van der Waals surface area contributed by atoms with Gasteiger partial charge in [-0.1, -0.05) is 0 Å². The Morgan fingerprint density at radius 2 is 1.71 bits per heavy atom. The molecule has 1 N–H and O–H groups in total. The van der Waals surface area contributed by atoms with Crippen LogP contribution in [0, 0.1) is 13.8 Å². The van der Waals surface area contributed by atoms with E-state index >= 15 is 0 Å². The maximum atomic E-state index is 12.7. The van der Waals surface area contributed by atoms with Crippen molar-refractivity contribution < 1.29 is 9.53 Å². The molecule has 1 amide bonds. The third-order valence-electron chi connectivity index (χ3n) is 5.05. The van der Waals surface area contributed by atoms with Crippen molar-refractivity contribution in [3.05, 3.63) is 59.8 Å². The summed E-state index contributed by atoms with van der Waals surface area (Å²) in [7, 11) is 1.64. The van der Waals surface area contributed by atoms with Crippen molar-refractivity contribution in [1.82, 2.24) is 24.8 Å². The van der Waals surface area contributed by atoms with Gasteiger partial charge in [-0.15, -0.1) is 0 Å². The number of aromatic nitrogens is 4. The van der Waals surface area contributed by atoms with Gasteiger partial charge in [-0.2, -0.15) is 4.98 Å². The van der Waals surface area contributed by atoms with Crippen LogP contribution in [0.3, 0.4) is 0 Å². The van der Waals surface area contributed by atoms with Gasteiger partial charge in [0.2, 0.25) is 5.95 Å². The van der Waals surface area contributed by atoms with Crippen LogP contribution in [-0.4, -0.2) is 64.0 Å². The number of nitrogens with zero attached hydrogens (tertiary/aromatic N) is 6. The molecule has 2 aromatic heterocycles. The molecule has 0 unspecified atom stereocenters. The number of piperazine rings is 1. The number of rotatable bonds is 5. The van der Waals surface area contributed by atoms with Gasteiger partial charge in [-0.3, -0.25) is 9.78 Å². The monoisotopic (exact) mass is 419 g/mol. The van der Waals surface area contributed by atoms with Gasteiger partial charge in [0.25, 0.3) is 5.91 Å². The zero-order chi connectivity index (χ0) is 21.8. The molecule has 1 aliphatic rings. The average molecular weight is 419 g/mol. The van der Waals surface area contributed by atoms with Gasteiger partial charge < -0.3 is 19.9 Å².